The van der Waals surface area contributed by atoms with E-state index in [4.69, 9.17) is 5.11 Å². The van der Waals surface area contributed by atoms with E-state index in [0.717, 1.165) is 21.2 Å². The lowest BCUT2D eigenvalue weighted by Crippen LogP contribution is -2.22. The number of hydrogen-bond donors (Lipinski definition) is 2. The van der Waals surface area contributed by atoms with Crippen LogP contribution in [0.15, 0.2) is 77.3 Å². The van der Waals surface area contributed by atoms with Crippen molar-refractivity contribution in [1.29, 1.82) is 0 Å². The first-order chi connectivity index (χ1) is 14.0. The van der Waals surface area contributed by atoms with Gasteiger partial charge in [0.05, 0.1) is 5.56 Å². The minimum atomic E-state index is -0.973. The third-order valence-corrected chi connectivity index (χ3v) is 4.75. The van der Waals surface area contributed by atoms with Crippen LogP contribution in [0, 0.1) is 11.8 Å². The molecule has 3 aromatic carbocycles. The lowest BCUT2D eigenvalue weighted by Gasteiger charge is -2.06. The summed E-state index contributed by atoms with van der Waals surface area (Å²) in [5, 5.41) is 11.8. The molecule has 0 heterocycles. The van der Waals surface area contributed by atoms with Gasteiger partial charge in [0.2, 0.25) is 0 Å². The molecule has 0 unspecified atom stereocenters. The molecule has 0 bridgehead atoms. The van der Waals surface area contributed by atoms with E-state index in [1.807, 2.05) is 30.3 Å². The minimum Gasteiger partial charge on any atom is -0.478 e. The highest BCUT2D eigenvalue weighted by atomic mass is 79.9. The molecule has 0 saturated carbocycles. The Labute approximate surface area is 177 Å². The summed E-state index contributed by atoms with van der Waals surface area (Å²) in [5.41, 5.74) is 3.48. The highest BCUT2D eigenvalue weighted by molar-refractivity contribution is 9.10. The number of hydrogen-bond acceptors (Lipinski definition) is 2. The molecule has 5 heteroatoms. The van der Waals surface area contributed by atoms with E-state index in [1.54, 1.807) is 30.3 Å². The van der Waals surface area contributed by atoms with Crippen molar-refractivity contribution in [3.8, 4) is 11.8 Å². The Morgan fingerprint density at radius 1 is 0.897 bits per heavy atom. The van der Waals surface area contributed by atoms with Gasteiger partial charge in [-0.25, -0.2) is 4.79 Å². The Balaban J connectivity index is 1.59. The van der Waals surface area contributed by atoms with Gasteiger partial charge in [0.15, 0.2) is 0 Å². The van der Waals surface area contributed by atoms with Crippen LogP contribution in [0.25, 0.3) is 0 Å². The van der Waals surface area contributed by atoms with Gasteiger partial charge >= 0.3 is 5.97 Å². The second-order valence-electron chi connectivity index (χ2n) is 6.37. The van der Waals surface area contributed by atoms with Gasteiger partial charge in [-0.15, -0.1) is 0 Å². The van der Waals surface area contributed by atoms with Crippen molar-refractivity contribution in [2.45, 2.75) is 13.0 Å². The monoisotopic (exact) mass is 447 g/mol. The van der Waals surface area contributed by atoms with Crippen molar-refractivity contribution in [2.75, 3.05) is 0 Å². The van der Waals surface area contributed by atoms with Crippen molar-refractivity contribution in [2.24, 2.45) is 0 Å². The molecule has 0 aliphatic carbocycles. The normalized spacial score (nSPS) is 9.97. The number of halogens is 1. The fourth-order valence-corrected chi connectivity index (χ4v) is 2.90. The first kappa shape index (κ1) is 20.4. The zero-order valence-electron chi connectivity index (χ0n) is 15.5. The van der Waals surface area contributed by atoms with E-state index in [2.05, 4.69) is 33.1 Å². The molecule has 0 radical (unpaired) electrons. The zero-order valence-corrected chi connectivity index (χ0v) is 17.1. The Hall–Kier alpha value is -3.36. The molecule has 3 aromatic rings. The van der Waals surface area contributed by atoms with Crippen molar-refractivity contribution in [3.63, 3.8) is 0 Å². The number of benzene rings is 3. The third-order valence-electron chi connectivity index (χ3n) is 4.22. The fourth-order valence-electron chi connectivity index (χ4n) is 2.64. The molecule has 0 aromatic heterocycles. The molecule has 0 saturated heterocycles. The van der Waals surface area contributed by atoms with Crippen LogP contribution in [0.4, 0.5) is 0 Å². The number of carbonyl (C=O) groups is 2. The summed E-state index contributed by atoms with van der Waals surface area (Å²) in [5.74, 6) is 5.05. The Bertz CT molecular complexity index is 1080. The highest BCUT2D eigenvalue weighted by Gasteiger charge is 2.06. The van der Waals surface area contributed by atoms with Gasteiger partial charge in [0.1, 0.15) is 0 Å². The van der Waals surface area contributed by atoms with Gasteiger partial charge in [-0.05, 0) is 53.6 Å². The van der Waals surface area contributed by atoms with Crippen LogP contribution in [-0.2, 0) is 13.0 Å². The summed E-state index contributed by atoms with van der Waals surface area (Å²) in [6.45, 7) is 0.318. The van der Waals surface area contributed by atoms with E-state index < -0.39 is 5.97 Å². The van der Waals surface area contributed by atoms with Crippen LogP contribution in [0.1, 0.15) is 37.4 Å². The number of amides is 1. The number of rotatable bonds is 5. The smallest absolute Gasteiger partial charge is 0.335 e. The maximum atomic E-state index is 12.4. The standard InChI is InChI=1S/C24H18BrNO3/c25-22-13-9-17(10-14-22)3-1-4-18-5-2-6-21(15-18)23(27)26-16-19-7-11-20(12-8-19)24(28)29/h2,5-15H,3,16H2,(H,26,27)(H,28,29). The van der Waals surface area contributed by atoms with Crippen molar-refractivity contribution in [3.05, 3.63) is 105 Å². The molecular formula is C24H18BrNO3. The molecule has 0 fully saturated rings. The number of carbonyl (C=O) groups excluding carboxylic acids is 1. The first-order valence-electron chi connectivity index (χ1n) is 8.95. The van der Waals surface area contributed by atoms with Crippen molar-refractivity contribution < 1.29 is 14.7 Å². The van der Waals surface area contributed by atoms with E-state index >= 15 is 0 Å². The number of carboxylic acids is 1. The molecule has 0 aliphatic heterocycles. The molecule has 4 nitrogen and oxygen atoms in total. The zero-order chi connectivity index (χ0) is 20.6. The average molecular weight is 448 g/mol. The predicted molar refractivity (Wildman–Crippen MR) is 116 cm³/mol. The lowest BCUT2D eigenvalue weighted by atomic mass is 10.1. The largest absolute Gasteiger partial charge is 0.478 e. The van der Waals surface area contributed by atoms with Crippen LogP contribution < -0.4 is 5.32 Å². The first-order valence-corrected chi connectivity index (χ1v) is 9.74. The summed E-state index contributed by atoms with van der Waals surface area (Å²) in [6, 6.07) is 21.6. The molecule has 144 valence electrons. The average Bonchev–Trinajstić information content (AvgIpc) is 2.74. The van der Waals surface area contributed by atoms with E-state index in [9.17, 15) is 9.59 Å². The van der Waals surface area contributed by atoms with Crippen LogP contribution >= 0.6 is 15.9 Å². The van der Waals surface area contributed by atoms with Gasteiger partial charge < -0.3 is 10.4 Å². The molecular weight excluding hydrogens is 430 g/mol. The third kappa shape index (κ3) is 6.06. The van der Waals surface area contributed by atoms with Gasteiger partial charge in [-0.1, -0.05) is 58.1 Å². The molecule has 1 amide bonds. The number of carboxylic acid groups (broad SMARTS) is 1. The highest BCUT2D eigenvalue weighted by Crippen LogP contribution is 2.11. The van der Waals surface area contributed by atoms with Crippen molar-refractivity contribution in [1.82, 2.24) is 5.32 Å². The molecule has 2 N–H and O–H groups in total. The second kappa shape index (κ2) is 9.72. The van der Waals surface area contributed by atoms with E-state index in [-0.39, 0.29) is 11.5 Å². The topological polar surface area (TPSA) is 66.4 Å². The quantitative estimate of drug-likeness (QED) is 0.558. The van der Waals surface area contributed by atoms with Crippen LogP contribution in [0.2, 0.25) is 0 Å². The summed E-state index contributed by atoms with van der Waals surface area (Å²) in [4.78, 5) is 23.3. The maximum absolute atomic E-state index is 12.4. The van der Waals surface area contributed by atoms with E-state index in [1.165, 1.54) is 12.1 Å². The summed E-state index contributed by atoms with van der Waals surface area (Å²) in [6.07, 6.45) is 0.635. The SMILES string of the molecule is O=C(O)c1ccc(CNC(=O)c2cccc(C#CCc3ccc(Br)cc3)c2)cc1. The fraction of sp³-hybridized carbons (Fsp3) is 0.0833. The lowest BCUT2D eigenvalue weighted by molar-refractivity contribution is 0.0696. The predicted octanol–water partition coefficient (Wildman–Crippen LogP) is 4.67. The summed E-state index contributed by atoms with van der Waals surface area (Å²) < 4.78 is 1.03. The Morgan fingerprint density at radius 2 is 1.59 bits per heavy atom. The molecule has 29 heavy (non-hydrogen) atoms. The number of aromatic carboxylic acids is 1. The summed E-state index contributed by atoms with van der Waals surface area (Å²) >= 11 is 3.41. The van der Waals surface area contributed by atoms with Crippen LogP contribution in [0.5, 0.6) is 0 Å². The van der Waals surface area contributed by atoms with Gasteiger partial charge in [-0.3, -0.25) is 4.79 Å². The number of nitrogens with one attached hydrogen (secondary N) is 1. The molecule has 0 atom stereocenters. The van der Waals surface area contributed by atoms with Gasteiger partial charge in [0.25, 0.3) is 5.91 Å². The Morgan fingerprint density at radius 3 is 2.28 bits per heavy atom. The second-order valence-corrected chi connectivity index (χ2v) is 7.29. The Kier molecular flexibility index (Phi) is 6.83. The van der Waals surface area contributed by atoms with E-state index in [0.29, 0.717) is 18.5 Å². The van der Waals surface area contributed by atoms with Gasteiger partial charge in [0, 0.05) is 28.6 Å². The molecule has 3 rings (SSSR count). The van der Waals surface area contributed by atoms with Crippen LogP contribution in [0.3, 0.4) is 0 Å². The maximum Gasteiger partial charge on any atom is 0.335 e. The van der Waals surface area contributed by atoms with Crippen LogP contribution in [-0.4, -0.2) is 17.0 Å². The molecule has 0 spiro atoms. The van der Waals surface area contributed by atoms with Crippen molar-refractivity contribution >= 4 is 27.8 Å². The molecule has 0 aliphatic rings. The summed E-state index contributed by atoms with van der Waals surface area (Å²) in [7, 11) is 0. The van der Waals surface area contributed by atoms with Gasteiger partial charge in [-0.2, -0.15) is 0 Å². The minimum absolute atomic E-state index is 0.205.